The van der Waals surface area contributed by atoms with E-state index in [1.165, 1.54) is 5.19 Å². The second kappa shape index (κ2) is 2.88. The maximum atomic E-state index is 5.75. The Bertz CT molecular complexity index is 220. The predicted molar refractivity (Wildman–Crippen MR) is 48.0 cm³/mol. The molecule has 1 aromatic rings. The van der Waals surface area contributed by atoms with E-state index in [1.54, 1.807) is 0 Å². The minimum Gasteiger partial charge on any atom is -0.396 e. The molecule has 0 aromatic heterocycles. The minimum absolute atomic E-state index is 0.367. The van der Waals surface area contributed by atoms with E-state index < -0.39 is 0 Å². The number of para-hydroxylation sites is 1. The lowest BCUT2D eigenvalue weighted by molar-refractivity contribution is 1.71. The molecule has 1 rings (SSSR count). The molecule has 10 heavy (non-hydrogen) atoms. The first-order valence-electron chi connectivity index (χ1n) is 3.37. The van der Waals surface area contributed by atoms with Crippen molar-refractivity contribution in [3.63, 3.8) is 0 Å². The minimum atomic E-state index is -0.367. The van der Waals surface area contributed by atoms with Crippen LogP contribution < -0.4 is 10.9 Å². The maximum absolute atomic E-state index is 5.75. The second-order valence-electron chi connectivity index (χ2n) is 2.59. The van der Waals surface area contributed by atoms with E-state index in [0.717, 1.165) is 5.69 Å². The largest absolute Gasteiger partial charge is 0.396 e. The van der Waals surface area contributed by atoms with Gasteiger partial charge in [0.2, 0.25) is 0 Å². The van der Waals surface area contributed by atoms with Crippen molar-refractivity contribution < 1.29 is 0 Å². The first-order valence-corrected chi connectivity index (χ1v) is 5.87. The first-order chi connectivity index (χ1) is 4.72. The molecule has 0 aliphatic carbocycles. The quantitative estimate of drug-likeness (QED) is 0.473. The van der Waals surface area contributed by atoms with Gasteiger partial charge in [0.15, 0.2) is 0 Å². The number of anilines is 1. The van der Waals surface area contributed by atoms with Crippen LogP contribution in [-0.4, -0.2) is 8.80 Å². The zero-order valence-electron chi connectivity index (χ0n) is 6.39. The number of nitrogens with two attached hydrogens (primary N) is 1. The molecule has 0 radical (unpaired) electrons. The summed E-state index contributed by atoms with van der Waals surface area (Å²) in [6.07, 6.45) is 0. The van der Waals surface area contributed by atoms with Crippen LogP contribution in [0.1, 0.15) is 0 Å². The van der Waals surface area contributed by atoms with E-state index >= 15 is 0 Å². The van der Waals surface area contributed by atoms with E-state index in [4.69, 9.17) is 5.73 Å². The molecule has 2 heteroatoms. The summed E-state index contributed by atoms with van der Waals surface area (Å²) in [5.74, 6) is 0. The Labute approximate surface area is 63.5 Å². The number of rotatable bonds is 1. The van der Waals surface area contributed by atoms with Gasteiger partial charge in [-0.15, -0.1) is 0 Å². The second-order valence-corrected chi connectivity index (χ2v) is 5.13. The Morgan fingerprint density at radius 1 is 1.20 bits per heavy atom. The van der Waals surface area contributed by atoms with Crippen LogP contribution in [0.15, 0.2) is 24.3 Å². The molecule has 2 N–H and O–H groups in total. The molecule has 0 bridgehead atoms. The maximum Gasteiger partial charge on any atom is 0.347 e. The predicted octanol–water partition coefficient (Wildman–Crippen LogP) is 1.23. The van der Waals surface area contributed by atoms with E-state index in [2.05, 4.69) is 19.2 Å². The first kappa shape index (κ1) is 7.35. The zero-order valence-corrected chi connectivity index (χ0v) is 7.39. The van der Waals surface area contributed by atoms with Gasteiger partial charge in [-0.25, -0.2) is 0 Å². The summed E-state index contributed by atoms with van der Waals surface area (Å²) in [7, 11) is -0.367. The monoisotopic (exact) mass is 150 g/mol. The fraction of sp³-hybridized carbons (Fsp3) is 0.250. The Morgan fingerprint density at radius 3 is 2.20 bits per heavy atom. The van der Waals surface area contributed by atoms with Gasteiger partial charge in [-0.1, -0.05) is 12.1 Å². The molecule has 0 saturated heterocycles. The van der Waals surface area contributed by atoms with Gasteiger partial charge in [0, 0.05) is 0 Å². The summed E-state index contributed by atoms with van der Waals surface area (Å²) in [5.41, 5.74) is 6.69. The highest BCUT2D eigenvalue weighted by atomic mass is 28.3. The van der Waals surface area contributed by atoms with E-state index in [0.29, 0.717) is 0 Å². The molecule has 0 atom stereocenters. The number of hydrogen-bond donors (Lipinski definition) is 1. The Kier molecular flexibility index (Phi) is 2.12. The normalized spacial score (nSPS) is 9.40. The van der Waals surface area contributed by atoms with Crippen molar-refractivity contribution in [3.05, 3.63) is 24.3 Å². The van der Waals surface area contributed by atoms with Gasteiger partial charge >= 0.3 is 8.80 Å². The van der Waals surface area contributed by atoms with Crippen molar-refractivity contribution in [1.82, 2.24) is 0 Å². The summed E-state index contributed by atoms with van der Waals surface area (Å²) in [6.45, 7) is 4.49. The number of nitrogen functional groups attached to an aromatic ring is 1. The zero-order chi connectivity index (χ0) is 7.56. The Hall–Kier alpha value is -0.763. The summed E-state index contributed by atoms with van der Waals surface area (Å²) < 4.78 is 0. The van der Waals surface area contributed by atoms with E-state index in [9.17, 15) is 0 Å². The van der Waals surface area contributed by atoms with Gasteiger partial charge in [-0.3, -0.25) is 0 Å². The fourth-order valence-electron chi connectivity index (χ4n) is 0.952. The summed E-state index contributed by atoms with van der Waals surface area (Å²) in [6, 6.07) is 8.10. The summed E-state index contributed by atoms with van der Waals surface area (Å²) in [5, 5.41) is 1.34. The highest BCUT2D eigenvalue weighted by Gasteiger charge is 2.17. The molecule has 52 valence electrons. The molecular weight excluding hydrogens is 138 g/mol. The van der Waals surface area contributed by atoms with Crippen LogP contribution in [0.25, 0.3) is 0 Å². The van der Waals surface area contributed by atoms with Crippen molar-refractivity contribution in [2.75, 3.05) is 5.73 Å². The molecule has 0 aliphatic rings. The topological polar surface area (TPSA) is 26.0 Å². The van der Waals surface area contributed by atoms with Crippen molar-refractivity contribution in [2.24, 2.45) is 0 Å². The third-order valence-electron chi connectivity index (χ3n) is 1.50. The molecule has 1 nitrogen and oxygen atoms in total. The Balaban J connectivity index is 3.03. The molecule has 0 spiro atoms. The van der Waals surface area contributed by atoms with Gasteiger partial charge in [-0.2, -0.15) is 0 Å². The number of benzene rings is 1. The average molecular weight is 150 g/mol. The average Bonchev–Trinajstić information content (AvgIpc) is 1.88. The lowest BCUT2D eigenvalue weighted by Crippen LogP contribution is -2.25. The molecule has 0 saturated carbocycles. The van der Waals surface area contributed by atoms with Crippen LogP contribution in [0, 0.1) is 0 Å². The highest BCUT2D eigenvalue weighted by Crippen LogP contribution is 1.98. The SMILES string of the molecule is C[Si+](C)c1ccccc1N. The lowest BCUT2D eigenvalue weighted by atomic mass is 10.3. The summed E-state index contributed by atoms with van der Waals surface area (Å²) >= 11 is 0. The standard InChI is InChI=1S/C8H12NSi/c1-10(2)8-6-4-3-5-7(8)9/h3-6H,9H2,1-2H3/q+1. The van der Waals surface area contributed by atoms with Crippen LogP contribution >= 0.6 is 0 Å². The molecule has 0 unspecified atom stereocenters. The van der Waals surface area contributed by atoms with Crippen LogP contribution in [0.2, 0.25) is 13.1 Å². The number of hydrogen-bond acceptors (Lipinski definition) is 1. The van der Waals surface area contributed by atoms with Gasteiger partial charge in [-0.05, 0) is 12.1 Å². The van der Waals surface area contributed by atoms with Crippen molar-refractivity contribution in [1.29, 1.82) is 0 Å². The third kappa shape index (κ3) is 1.39. The van der Waals surface area contributed by atoms with Crippen LogP contribution in [0.5, 0.6) is 0 Å². The van der Waals surface area contributed by atoms with Crippen LogP contribution in [-0.2, 0) is 0 Å². The summed E-state index contributed by atoms with van der Waals surface area (Å²) in [4.78, 5) is 0. The molecular formula is C8H12NSi+. The van der Waals surface area contributed by atoms with Crippen molar-refractivity contribution in [3.8, 4) is 0 Å². The van der Waals surface area contributed by atoms with E-state index in [-0.39, 0.29) is 8.80 Å². The molecule has 0 amide bonds. The van der Waals surface area contributed by atoms with E-state index in [1.807, 2.05) is 18.2 Å². The fourth-order valence-corrected chi connectivity index (χ4v) is 2.04. The van der Waals surface area contributed by atoms with Gasteiger partial charge in [0.1, 0.15) is 5.19 Å². The lowest BCUT2D eigenvalue weighted by Gasteiger charge is -1.95. The van der Waals surface area contributed by atoms with Crippen LogP contribution in [0.3, 0.4) is 0 Å². The Morgan fingerprint density at radius 2 is 1.80 bits per heavy atom. The van der Waals surface area contributed by atoms with Crippen molar-refractivity contribution >= 4 is 19.7 Å². The van der Waals surface area contributed by atoms with Gasteiger partial charge in [0.05, 0.1) is 18.8 Å². The van der Waals surface area contributed by atoms with Gasteiger partial charge in [0.25, 0.3) is 0 Å². The van der Waals surface area contributed by atoms with Crippen molar-refractivity contribution in [2.45, 2.75) is 13.1 Å². The molecule has 0 heterocycles. The smallest absolute Gasteiger partial charge is 0.347 e. The third-order valence-corrected chi connectivity index (χ3v) is 3.03. The highest BCUT2D eigenvalue weighted by molar-refractivity contribution is 6.72. The molecule has 0 aliphatic heterocycles. The van der Waals surface area contributed by atoms with Crippen LogP contribution in [0.4, 0.5) is 5.69 Å². The molecule has 1 aromatic carbocycles. The molecule has 0 fully saturated rings. The van der Waals surface area contributed by atoms with Gasteiger partial charge < -0.3 is 5.73 Å².